The highest BCUT2D eigenvalue weighted by molar-refractivity contribution is 7.86. The van der Waals surface area contributed by atoms with E-state index in [9.17, 15) is 23.2 Å². The van der Waals surface area contributed by atoms with Gasteiger partial charge in [-0.15, -0.1) is 0 Å². The lowest BCUT2D eigenvalue weighted by Gasteiger charge is -2.17. The van der Waals surface area contributed by atoms with Gasteiger partial charge in [0.1, 0.15) is 66.5 Å². The summed E-state index contributed by atoms with van der Waals surface area (Å²) in [6.45, 7) is -0.455. The summed E-state index contributed by atoms with van der Waals surface area (Å²) in [5.74, 6) is 1.32. The Labute approximate surface area is 220 Å². The van der Waals surface area contributed by atoms with E-state index in [0.717, 1.165) is 0 Å². The first-order valence-corrected chi connectivity index (χ1v) is 13.3. The summed E-state index contributed by atoms with van der Waals surface area (Å²) in [5, 5.41) is 21.1. The number of para-hydroxylation sites is 2. The van der Waals surface area contributed by atoms with Crippen molar-refractivity contribution in [3.63, 3.8) is 0 Å². The summed E-state index contributed by atoms with van der Waals surface area (Å²) >= 11 is 0. The molecule has 4 aromatic rings. The molecule has 0 saturated carbocycles. The van der Waals surface area contributed by atoms with Gasteiger partial charge in [0, 0.05) is 5.39 Å². The normalized spacial score (nSPS) is 13.0. The Morgan fingerprint density at radius 2 is 1.08 bits per heavy atom. The lowest BCUT2D eigenvalue weighted by atomic mass is 10.1. The maximum Gasteiger partial charge on any atom is 0.298 e. The van der Waals surface area contributed by atoms with E-state index in [0.29, 0.717) is 16.9 Å². The summed E-state index contributed by atoms with van der Waals surface area (Å²) in [4.78, 5) is -0.454. The van der Waals surface area contributed by atoms with E-state index < -0.39 is 27.2 Å². The van der Waals surface area contributed by atoms with E-state index in [-0.39, 0.29) is 43.3 Å². The zero-order valence-corrected chi connectivity index (χ0v) is 21.2. The van der Waals surface area contributed by atoms with Gasteiger partial charge in [-0.3, -0.25) is 4.55 Å². The fourth-order valence-electron chi connectivity index (χ4n) is 3.61. The van der Waals surface area contributed by atoms with Crippen molar-refractivity contribution in [2.45, 2.75) is 17.1 Å². The van der Waals surface area contributed by atoms with Crippen LogP contribution < -0.4 is 18.9 Å². The summed E-state index contributed by atoms with van der Waals surface area (Å²) in [7, 11) is -4.71. The van der Waals surface area contributed by atoms with E-state index >= 15 is 0 Å². The highest BCUT2D eigenvalue weighted by Crippen LogP contribution is 2.34. The minimum atomic E-state index is -4.71. The molecule has 0 amide bonds. The molecule has 38 heavy (non-hydrogen) atoms. The Morgan fingerprint density at radius 1 is 0.605 bits per heavy atom. The monoisotopic (exact) mass is 540 g/mol. The van der Waals surface area contributed by atoms with Gasteiger partial charge in [-0.25, -0.2) is 0 Å². The first kappa shape index (κ1) is 27.2. The second-order valence-corrected chi connectivity index (χ2v) is 9.79. The van der Waals surface area contributed by atoms with E-state index in [1.54, 1.807) is 54.6 Å². The van der Waals surface area contributed by atoms with Gasteiger partial charge in [-0.1, -0.05) is 48.5 Å². The van der Waals surface area contributed by atoms with Gasteiger partial charge in [0.2, 0.25) is 0 Å². The molecule has 0 spiro atoms. The molecule has 0 bridgehead atoms. The Bertz CT molecular complexity index is 1420. The van der Waals surface area contributed by atoms with Crippen molar-refractivity contribution >= 4 is 20.9 Å². The number of hydrogen-bond donors (Lipinski definition) is 3. The molecule has 4 rings (SSSR count). The predicted molar refractivity (Wildman–Crippen MR) is 141 cm³/mol. The number of benzene rings is 4. The molecule has 2 unspecified atom stereocenters. The second-order valence-electron chi connectivity index (χ2n) is 8.43. The lowest BCUT2D eigenvalue weighted by molar-refractivity contribution is 0.0616. The van der Waals surface area contributed by atoms with Crippen LogP contribution in [0.1, 0.15) is 0 Å². The third kappa shape index (κ3) is 7.59. The molecular formula is C28H28O9S. The molecule has 3 N–H and O–H groups in total. The minimum Gasteiger partial charge on any atom is -0.491 e. The number of rotatable bonds is 13. The van der Waals surface area contributed by atoms with Crippen molar-refractivity contribution in [1.82, 2.24) is 0 Å². The standard InChI is InChI=1S/C28H28O9S/c29-21(16-34-23-7-3-1-4-8-23)18-36-25-13-11-20-12-14-27(28(26(20)15-25)38(31,32)33)37-19-22(30)17-35-24-9-5-2-6-10-24/h1-15,21-22,29-30H,16-19H2,(H,31,32,33). The van der Waals surface area contributed by atoms with Crippen molar-refractivity contribution in [2.24, 2.45) is 0 Å². The quantitative estimate of drug-likeness (QED) is 0.217. The van der Waals surface area contributed by atoms with Crippen LogP contribution in [0.15, 0.2) is 95.9 Å². The van der Waals surface area contributed by atoms with Gasteiger partial charge in [0.15, 0.2) is 0 Å². The Hall–Kier alpha value is -3.83. The Morgan fingerprint density at radius 3 is 1.61 bits per heavy atom. The third-order valence-electron chi connectivity index (χ3n) is 5.41. The topological polar surface area (TPSA) is 132 Å². The molecule has 0 aliphatic heterocycles. The molecule has 0 saturated heterocycles. The van der Waals surface area contributed by atoms with Crippen LogP contribution in [0.25, 0.3) is 10.8 Å². The summed E-state index contributed by atoms with van der Waals surface area (Å²) in [6, 6.07) is 25.6. The smallest absolute Gasteiger partial charge is 0.298 e. The molecule has 0 fully saturated rings. The molecule has 4 aromatic carbocycles. The molecule has 200 valence electrons. The Kier molecular flexibility index (Phi) is 9.03. The predicted octanol–water partition coefficient (Wildman–Crippen LogP) is 3.72. The van der Waals surface area contributed by atoms with Gasteiger partial charge >= 0.3 is 0 Å². The molecule has 0 aliphatic carbocycles. The van der Waals surface area contributed by atoms with E-state index in [4.69, 9.17) is 18.9 Å². The first-order chi connectivity index (χ1) is 18.3. The molecule has 10 heteroatoms. The highest BCUT2D eigenvalue weighted by atomic mass is 32.2. The minimum absolute atomic E-state index is 0.00215. The van der Waals surface area contributed by atoms with Crippen LogP contribution in [-0.4, -0.2) is 61.8 Å². The SMILES string of the molecule is O=S(=O)(O)c1c(OCC(O)COc2ccccc2)ccc2ccc(OCC(O)COc3ccccc3)cc12. The van der Waals surface area contributed by atoms with Crippen molar-refractivity contribution in [1.29, 1.82) is 0 Å². The number of hydrogen-bond acceptors (Lipinski definition) is 8. The van der Waals surface area contributed by atoms with Crippen molar-refractivity contribution in [3.8, 4) is 23.0 Å². The maximum absolute atomic E-state index is 12.3. The largest absolute Gasteiger partial charge is 0.491 e. The average Bonchev–Trinajstić information content (AvgIpc) is 2.92. The van der Waals surface area contributed by atoms with Crippen LogP contribution in [0.2, 0.25) is 0 Å². The number of aliphatic hydroxyl groups is 2. The van der Waals surface area contributed by atoms with Gasteiger partial charge in [0.05, 0.1) is 0 Å². The van der Waals surface area contributed by atoms with Gasteiger partial charge < -0.3 is 29.2 Å². The summed E-state index contributed by atoms with van der Waals surface area (Å²) < 4.78 is 56.8. The van der Waals surface area contributed by atoms with Gasteiger partial charge in [-0.2, -0.15) is 8.42 Å². The Balaban J connectivity index is 1.43. The number of fused-ring (bicyclic) bond motifs is 1. The summed E-state index contributed by atoms with van der Waals surface area (Å²) in [6.07, 6.45) is -2.00. The number of ether oxygens (including phenoxy) is 4. The molecular weight excluding hydrogens is 512 g/mol. The molecule has 0 aliphatic rings. The van der Waals surface area contributed by atoms with Crippen molar-refractivity contribution in [3.05, 3.63) is 91.0 Å². The van der Waals surface area contributed by atoms with Crippen LogP contribution in [-0.2, 0) is 10.1 Å². The van der Waals surface area contributed by atoms with Crippen LogP contribution in [0, 0.1) is 0 Å². The maximum atomic E-state index is 12.3. The fourth-order valence-corrected chi connectivity index (χ4v) is 4.45. The van der Waals surface area contributed by atoms with E-state index in [1.807, 2.05) is 24.3 Å². The molecule has 2 atom stereocenters. The summed E-state index contributed by atoms with van der Waals surface area (Å²) in [5.41, 5.74) is 0. The van der Waals surface area contributed by atoms with Crippen LogP contribution in [0.4, 0.5) is 0 Å². The third-order valence-corrected chi connectivity index (χ3v) is 6.35. The molecule has 0 aromatic heterocycles. The fraction of sp³-hybridized carbons (Fsp3) is 0.214. The van der Waals surface area contributed by atoms with E-state index in [2.05, 4.69) is 0 Å². The molecule has 0 radical (unpaired) electrons. The molecule has 9 nitrogen and oxygen atoms in total. The van der Waals surface area contributed by atoms with Crippen LogP contribution in [0.5, 0.6) is 23.0 Å². The van der Waals surface area contributed by atoms with Crippen molar-refractivity contribution in [2.75, 3.05) is 26.4 Å². The van der Waals surface area contributed by atoms with Crippen molar-refractivity contribution < 1.29 is 42.1 Å². The lowest BCUT2D eigenvalue weighted by Crippen LogP contribution is -2.25. The first-order valence-electron chi connectivity index (χ1n) is 11.8. The second kappa shape index (κ2) is 12.6. The number of aliphatic hydroxyl groups excluding tert-OH is 2. The van der Waals surface area contributed by atoms with E-state index in [1.165, 1.54) is 12.1 Å². The van der Waals surface area contributed by atoms with Gasteiger partial charge in [0.25, 0.3) is 10.1 Å². The molecule has 0 heterocycles. The van der Waals surface area contributed by atoms with Gasteiger partial charge in [-0.05, 0) is 47.9 Å². The highest BCUT2D eigenvalue weighted by Gasteiger charge is 2.22. The van der Waals surface area contributed by atoms with Crippen LogP contribution in [0.3, 0.4) is 0 Å². The average molecular weight is 541 g/mol. The van der Waals surface area contributed by atoms with Crippen LogP contribution >= 0.6 is 0 Å². The zero-order chi connectivity index (χ0) is 27.0. The zero-order valence-electron chi connectivity index (χ0n) is 20.3.